The van der Waals surface area contributed by atoms with Crippen LogP contribution in [0.1, 0.15) is 32.1 Å². The summed E-state index contributed by atoms with van der Waals surface area (Å²) in [7, 11) is -2.93. The van der Waals surface area contributed by atoms with E-state index in [0.29, 0.717) is 6.10 Å². The molecular formula is C10H21NO3S. The Morgan fingerprint density at radius 3 is 2.80 bits per heavy atom. The first-order valence-electron chi connectivity index (χ1n) is 5.52. The molecule has 15 heavy (non-hydrogen) atoms. The molecule has 0 aromatic rings. The topological polar surface area (TPSA) is 69.4 Å². The molecule has 1 aliphatic rings. The number of rotatable bonds is 6. The predicted octanol–water partition coefficient (Wildman–Crippen LogP) is 0.708. The fourth-order valence-corrected chi connectivity index (χ4v) is 2.90. The molecule has 2 N–H and O–H groups in total. The largest absolute Gasteiger partial charge is 0.378 e. The van der Waals surface area contributed by atoms with Crippen LogP contribution in [0, 0.1) is 0 Å². The number of hydrogen-bond donors (Lipinski definition) is 1. The number of ether oxygens (including phenoxy) is 1. The minimum absolute atomic E-state index is 0.0958. The summed E-state index contributed by atoms with van der Waals surface area (Å²) in [6.45, 7) is 0.875. The first-order chi connectivity index (χ1) is 6.97. The van der Waals surface area contributed by atoms with E-state index in [2.05, 4.69) is 0 Å². The van der Waals surface area contributed by atoms with Gasteiger partial charge in [-0.25, -0.2) is 8.42 Å². The fourth-order valence-electron chi connectivity index (χ4n) is 1.95. The van der Waals surface area contributed by atoms with E-state index < -0.39 is 9.84 Å². The molecule has 1 fully saturated rings. The van der Waals surface area contributed by atoms with Crippen LogP contribution in [0.3, 0.4) is 0 Å². The lowest BCUT2D eigenvalue weighted by Gasteiger charge is -2.12. The number of sulfone groups is 1. The lowest BCUT2D eigenvalue weighted by atomic mass is 10.1. The van der Waals surface area contributed by atoms with Crippen molar-refractivity contribution >= 4 is 9.84 Å². The average Bonchev–Trinajstić information content (AvgIpc) is 2.53. The van der Waals surface area contributed by atoms with Crippen LogP contribution in [0.2, 0.25) is 0 Å². The third kappa shape index (κ3) is 6.12. The zero-order valence-corrected chi connectivity index (χ0v) is 10.1. The van der Waals surface area contributed by atoms with Crippen LogP contribution in [0.15, 0.2) is 0 Å². The van der Waals surface area contributed by atoms with Gasteiger partial charge >= 0.3 is 0 Å². The maximum absolute atomic E-state index is 11.0. The summed E-state index contributed by atoms with van der Waals surface area (Å²) in [6, 6.07) is -0.221. The molecule has 2 unspecified atom stereocenters. The molecule has 1 aliphatic heterocycles. The van der Waals surface area contributed by atoms with Gasteiger partial charge in [0.2, 0.25) is 0 Å². The Kier molecular flexibility index (Phi) is 5.02. The van der Waals surface area contributed by atoms with Gasteiger partial charge in [-0.15, -0.1) is 0 Å². The molecule has 0 amide bonds. The zero-order chi connectivity index (χ0) is 11.3. The Labute approximate surface area is 92.1 Å². The molecule has 2 atom stereocenters. The van der Waals surface area contributed by atoms with Crippen molar-refractivity contribution in [3.05, 3.63) is 0 Å². The van der Waals surface area contributed by atoms with Gasteiger partial charge < -0.3 is 10.5 Å². The van der Waals surface area contributed by atoms with Gasteiger partial charge in [-0.3, -0.25) is 0 Å². The molecule has 0 aromatic heterocycles. The smallest absolute Gasteiger partial charge is 0.148 e. The SMILES string of the molecule is CS(=O)(=O)CC(N)CCCC1CCCO1. The van der Waals surface area contributed by atoms with Gasteiger partial charge in [0.05, 0.1) is 11.9 Å². The molecule has 90 valence electrons. The summed E-state index contributed by atoms with van der Waals surface area (Å²) in [4.78, 5) is 0. The quantitative estimate of drug-likeness (QED) is 0.736. The van der Waals surface area contributed by atoms with Gasteiger partial charge in [-0.2, -0.15) is 0 Å². The standard InChI is InChI=1S/C10H21NO3S/c1-15(12,13)8-9(11)4-2-5-10-6-3-7-14-10/h9-10H,2-8,11H2,1H3. The van der Waals surface area contributed by atoms with E-state index in [4.69, 9.17) is 10.5 Å². The molecule has 0 aliphatic carbocycles. The first-order valence-corrected chi connectivity index (χ1v) is 7.58. The minimum Gasteiger partial charge on any atom is -0.378 e. The van der Waals surface area contributed by atoms with Crippen molar-refractivity contribution in [1.29, 1.82) is 0 Å². The fraction of sp³-hybridized carbons (Fsp3) is 1.00. The Bertz CT molecular complexity index is 270. The van der Waals surface area contributed by atoms with Crippen molar-refractivity contribution in [3.63, 3.8) is 0 Å². The Balaban J connectivity index is 2.08. The van der Waals surface area contributed by atoms with E-state index in [1.165, 1.54) is 6.26 Å². The maximum Gasteiger partial charge on any atom is 0.148 e. The van der Waals surface area contributed by atoms with Gasteiger partial charge in [-0.1, -0.05) is 0 Å². The third-order valence-corrected chi connectivity index (χ3v) is 3.68. The summed E-state index contributed by atoms with van der Waals surface area (Å²) in [5.74, 6) is 0.0958. The molecule has 5 heteroatoms. The van der Waals surface area contributed by atoms with Gasteiger partial charge in [0.15, 0.2) is 0 Å². The van der Waals surface area contributed by atoms with Crippen LogP contribution < -0.4 is 5.73 Å². The highest BCUT2D eigenvalue weighted by Gasteiger charge is 2.16. The van der Waals surface area contributed by atoms with Crippen LogP contribution in [-0.4, -0.2) is 39.2 Å². The second kappa shape index (κ2) is 5.82. The molecule has 0 saturated carbocycles. The highest BCUT2D eigenvalue weighted by Crippen LogP contribution is 2.18. The normalized spacial score (nSPS) is 24.3. The molecule has 0 spiro atoms. The van der Waals surface area contributed by atoms with E-state index in [9.17, 15) is 8.42 Å². The van der Waals surface area contributed by atoms with Crippen molar-refractivity contribution in [2.45, 2.75) is 44.2 Å². The zero-order valence-electron chi connectivity index (χ0n) is 9.31. The van der Waals surface area contributed by atoms with E-state index in [0.717, 1.165) is 38.7 Å². The Morgan fingerprint density at radius 1 is 1.53 bits per heavy atom. The van der Waals surface area contributed by atoms with Gasteiger partial charge in [-0.05, 0) is 32.1 Å². The predicted molar refractivity (Wildman–Crippen MR) is 60.5 cm³/mol. The van der Waals surface area contributed by atoms with Crippen LogP contribution in [0.25, 0.3) is 0 Å². The van der Waals surface area contributed by atoms with E-state index in [-0.39, 0.29) is 11.8 Å². The van der Waals surface area contributed by atoms with Crippen molar-refractivity contribution < 1.29 is 13.2 Å². The van der Waals surface area contributed by atoms with E-state index >= 15 is 0 Å². The van der Waals surface area contributed by atoms with Crippen molar-refractivity contribution in [2.75, 3.05) is 18.6 Å². The minimum atomic E-state index is -2.93. The van der Waals surface area contributed by atoms with Gasteiger partial charge in [0.1, 0.15) is 9.84 Å². The van der Waals surface area contributed by atoms with Crippen molar-refractivity contribution in [3.8, 4) is 0 Å². The molecule has 0 bridgehead atoms. The lowest BCUT2D eigenvalue weighted by molar-refractivity contribution is 0.102. The summed E-state index contributed by atoms with van der Waals surface area (Å²) in [5.41, 5.74) is 5.72. The Hall–Kier alpha value is -0.130. The summed E-state index contributed by atoms with van der Waals surface area (Å²) in [6.07, 6.45) is 6.65. The monoisotopic (exact) mass is 235 g/mol. The average molecular weight is 235 g/mol. The van der Waals surface area contributed by atoms with Crippen molar-refractivity contribution in [1.82, 2.24) is 0 Å². The second-order valence-electron chi connectivity index (χ2n) is 4.42. The summed E-state index contributed by atoms with van der Waals surface area (Å²) < 4.78 is 27.4. The molecule has 1 saturated heterocycles. The van der Waals surface area contributed by atoms with E-state index in [1.807, 2.05) is 0 Å². The molecule has 0 aromatic carbocycles. The first kappa shape index (κ1) is 12.9. The van der Waals surface area contributed by atoms with Crippen LogP contribution >= 0.6 is 0 Å². The lowest BCUT2D eigenvalue weighted by Crippen LogP contribution is -2.29. The number of hydrogen-bond acceptors (Lipinski definition) is 4. The molecule has 1 rings (SSSR count). The van der Waals surface area contributed by atoms with Gasteiger partial charge in [0.25, 0.3) is 0 Å². The summed E-state index contributed by atoms with van der Waals surface area (Å²) in [5, 5.41) is 0. The molecule has 4 nitrogen and oxygen atoms in total. The Morgan fingerprint density at radius 2 is 2.27 bits per heavy atom. The summed E-state index contributed by atoms with van der Waals surface area (Å²) >= 11 is 0. The second-order valence-corrected chi connectivity index (χ2v) is 6.60. The van der Waals surface area contributed by atoms with E-state index in [1.54, 1.807) is 0 Å². The van der Waals surface area contributed by atoms with Gasteiger partial charge in [0, 0.05) is 18.9 Å². The molecule has 0 radical (unpaired) electrons. The maximum atomic E-state index is 11.0. The molecule has 1 heterocycles. The van der Waals surface area contributed by atoms with Crippen LogP contribution in [0.4, 0.5) is 0 Å². The molecular weight excluding hydrogens is 214 g/mol. The number of nitrogens with two attached hydrogens (primary N) is 1. The highest BCUT2D eigenvalue weighted by molar-refractivity contribution is 7.90. The van der Waals surface area contributed by atoms with Crippen LogP contribution in [-0.2, 0) is 14.6 Å². The highest BCUT2D eigenvalue weighted by atomic mass is 32.2. The van der Waals surface area contributed by atoms with Crippen LogP contribution in [0.5, 0.6) is 0 Å². The third-order valence-electron chi connectivity index (χ3n) is 2.64. The van der Waals surface area contributed by atoms with Crippen molar-refractivity contribution in [2.24, 2.45) is 5.73 Å².